The Bertz CT molecular complexity index is 211. The van der Waals surface area contributed by atoms with Crippen molar-refractivity contribution in [3.63, 3.8) is 0 Å². The van der Waals surface area contributed by atoms with Gasteiger partial charge in [-0.2, -0.15) is 0 Å². The van der Waals surface area contributed by atoms with Crippen LogP contribution in [0.5, 0.6) is 0 Å². The van der Waals surface area contributed by atoms with Crippen LogP contribution in [0, 0.1) is 0 Å². The lowest BCUT2D eigenvalue weighted by Crippen LogP contribution is -2.53. The summed E-state index contributed by atoms with van der Waals surface area (Å²) < 4.78 is 5.14. The zero-order chi connectivity index (χ0) is 11.3. The number of likely N-dealkylation sites (N-methyl/N-ethyl adjacent to an activating group) is 1. The molecule has 1 unspecified atom stereocenters. The van der Waals surface area contributed by atoms with E-state index in [0.29, 0.717) is 13.2 Å². The smallest absolute Gasteiger partial charge is 0.248 e. The fourth-order valence-electron chi connectivity index (χ4n) is 1.84. The molecule has 5 nitrogen and oxygen atoms in total. The standard InChI is InChI=1S/C10H21N3O2/c1-9-7-12(2)4-5-13(9)10(14)8-15-6-3-11/h9H,3-8,11H2,1-2H3. The Morgan fingerprint density at radius 1 is 1.53 bits per heavy atom. The van der Waals surface area contributed by atoms with Crippen molar-refractivity contribution in [2.45, 2.75) is 13.0 Å². The predicted octanol–water partition coefficient (Wildman–Crippen LogP) is -0.876. The highest BCUT2D eigenvalue weighted by Gasteiger charge is 2.25. The number of nitrogens with zero attached hydrogens (tertiary/aromatic N) is 2. The van der Waals surface area contributed by atoms with Crippen molar-refractivity contribution in [1.82, 2.24) is 9.80 Å². The number of hydrogen-bond acceptors (Lipinski definition) is 4. The SMILES string of the molecule is CC1CN(C)CCN1C(=O)COCCN. The van der Waals surface area contributed by atoms with E-state index in [1.54, 1.807) is 0 Å². The molecule has 1 saturated heterocycles. The van der Waals surface area contributed by atoms with Crippen LogP contribution < -0.4 is 5.73 Å². The average Bonchev–Trinajstić information content (AvgIpc) is 2.17. The van der Waals surface area contributed by atoms with Gasteiger partial charge in [0.15, 0.2) is 0 Å². The Morgan fingerprint density at radius 3 is 2.87 bits per heavy atom. The lowest BCUT2D eigenvalue weighted by Gasteiger charge is -2.38. The van der Waals surface area contributed by atoms with Crippen LogP contribution in [0.4, 0.5) is 0 Å². The lowest BCUT2D eigenvalue weighted by atomic mass is 10.2. The summed E-state index contributed by atoms with van der Waals surface area (Å²) in [5, 5.41) is 0. The molecule has 0 radical (unpaired) electrons. The molecule has 1 fully saturated rings. The number of piperazine rings is 1. The second-order valence-electron chi connectivity index (χ2n) is 4.04. The van der Waals surface area contributed by atoms with Crippen molar-refractivity contribution in [2.24, 2.45) is 5.73 Å². The number of ether oxygens (including phenoxy) is 1. The maximum absolute atomic E-state index is 11.7. The molecule has 15 heavy (non-hydrogen) atoms. The quantitative estimate of drug-likeness (QED) is 0.619. The van der Waals surface area contributed by atoms with E-state index in [4.69, 9.17) is 10.5 Å². The second-order valence-corrected chi connectivity index (χ2v) is 4.04. The second kappa shape index (κ2) is 6.05. The summed E-state index contributed by atoms with van der Waals surface area (Å²) >= 11 is 0. The van der Waals surface area contributed by atoms with Crippen LogP contribution in [0.15, 0.2) is 0 Å². The first-order valence-electron chi connectivity index (χ1n) is 5.41. The van der Waals surface area contributed by atoms with E-state index in [1.165, 1.54) is 0 Å². The Hall–Kier alpha value is -0.650. The number of rotatable bonds is 4. The van der Waals surface area contributed by atoms with Crippen LogP contribution in [0.3, 0.4) is 0 Å². The summed E-state index contributed by atoms with van der Waals surface area (Å²) in [6.45, 7) is 5.80. The van der Waals surface area contributed by atoms with Gasteiger partial charge in [-0.3, -0.25) is 4.79 Å². The van der Waals surface area contributed by atoms with E-state index in [9.17, 15) is 4.79 Å². The van der Waals surface area contributed by atoms with Crippen LogP contribution in [0.2, 0.25) is 0 Å². The predicted molar refractivity (Wildman–Crippen MR) is 58.5 cm³/mol. The molecule has 0 aromatic heterocycles. The number of amides is 1. The summed E-state index contributed by atoms with van der Waals surface area (Å²) in [4.78, 5) is 15.8. The molecule has 0 aliphatic carbocycles. The highest BCUT2D eigenvalue weighted by Crippen LogP contribution is 2.07. The van der Waals surface area contributed by atoms with E-state index in [2.05, 4.69) is 18.9 Å². The molecule has 0 saturated carbocycles. The monoisotopic (exact) mass is 215 g/mol. The molecular weight excluding hydrogens is 194 g/mol. The Kier molecular flexibility index (Phi) is 5.01. The summed E-state index contributed by atoms with van der Waals surface area (Å²) in [5.41, 5.74) is 5.28. The molecule has 1 atom stereocenters. The number of hydrogen-bond donors (Lipinski definition) is 1. The van der Waals surface area contributed by atoms with Crippen molar-refractivity contribution < 1.29 is 9.53 Å². The molecule has 0 bridgehead atoms. The minimum absolute atomic E-state index is 0.0732. The minimum atomic E-state index is 0.0732. The van der Waals surface area contributed by atoms with E-state index in [1.807, 2.05) is 4.90 Å². The van der Waals surface area contributed by atoms with Gasteiger partial charge in [0.25, 0.3) is 0 Å². The molecule has 1 amide bonds. The van der Waals surface area contributed by atoms with Gasteiger partial charge in [-0.1, -0.05) is 0 Å². The molecule has 1 rings (SSSR count). The van der Waals surface area contributed by atoms with Gasteiger partial charge in [-0.15, -0.1) is 0 Å². The molecule has 88 valence electrons. The normalized spacial score (nSPS) is 23.1. The summed E-state index contributed by atoms with van der Waals surface area (Å²) in [6.07, 6.45) is 0. The van der Waals surface area contributed by atoms with Gasteiger partial charge >= 0.3 is 0 Å². The third kappa shape index (κ3) is 3.77. The van der Waals surface area contributed by atoms with Crippen LogP contribution in [-0.2, 0) is 9.53 Å². The Balaban J connectivity index is 2.32. The fourth-order valence-corrected chi connectivity index (χ4v) is 1.84. The van der Waals surface area contributed by atoms with Gasteiger partial charge in [-0.25, -0.2) is 0 Å². The van der Waals surface area contributed by atoms with Crippen LogP contribution >= 0.6 is 0 Å². The van der Waals surface area contributed by atoms with Gasteiger partial charge in [0.1, 0.15) is 6.61 Å². The molecule has 1 aliphatic rings. The third-order valence-corrected chi connectivity index (χ3v) is 2.64. The minimum Gasteiger partial charge on any atom is -0.370 e. The highest BCUT2D eigenvalue weighted by atomic mass is 16.5. The molecule has 0 aromatic carbocycles. The van der Waals surface area contributed by atoms with Crippen molar-refractivity contribution in [3.8, 4) is 0 Å². The van der Waals surface area contributed by atoms with Crippen molar-refractivity contribution >= 4 is 5.91 Å². The molecule has 5 heteroatoms. The molecule has 1 aliphatic heterocycles. The van der Waals surface area contributed by atoms with Crippen molar-refractivity contribution in [2.75, 3.05) is 46.4 Å². The maximum atomic E-state index is 11.7. The Morgan fingerprint density at radius 2 is 2.27 bits per heavy atom. The van der Waals surface area contributed by atoms with Crippen LogP contribution in [0.25, 0.3) is 0 Å². The zero-order valence-corrected chi connectivity index (χ0v) is 9.61. The van der Waals surface area contributed by atoms with Gasteiger partial charge in [0, 0.05) is 32.2 Å². The number of carbonyl (C=O) groups excluding carboxylic acids is 1. The lowest BCUT2D eigenvalue weighted by molar-refractivity contribution is -0.140. The average molecular weight is 215 g/mol. The first-order valence-corrected chi connectivity index (χ1v) is 5.41. The number of carbonyl (C=O) groups is 1. The highest BCUT2D eigenvalue weighted by molar-refractivity contribution is 5.77. The first kappa shape index (κ1) is 12.4. The molecule has 0 aromatic rings. The van der Waals surface area contributed by atoms with Gasteiger partial charge in [0.2, 0.25) is 5.91 Å². The largest absolute Gasteiger partial charge is 0.370 e. The van der Waals surface area contributed by atoms with Gasteiger partial charge in [-0.05, 0) is 14.0 Å². The third-order valence-electron chi connectivity index (χ3n) is 2.64. The van der Waals surface area contributed by atoms with Crippen molar-refractivity contribution in [3.05, 3.63) is 0 Å². The van der Waals surface area contributed by atoms with Gasteiger partial charge < -0.3 is 20.3 Å². The van der Waals surface area contributed by atoms with Crippen LogP contribution in [0.1, 0.15) is 6.92 Å². The van der Waals surface area contributed by atoms with Gasteiger partial charge in [0.05, 0.1) is 6.61 Å². The molecule has 0 spiro atoms. The maximum Gasteiger partial charge on any atom is 0.248 e. The van der Waals surface area contributed by atoms with Crippen molar-refractivity contribution in [1.29, 1.82) is 0 Å². The summed E-state index contributed by atoms with van der Waals surface area (Å²) in [5.74, 6) is 0.0732. The molecule has 1 heterocycles. The topological polar surface area (TPSA) is 58.8 Å². The van der Waals surface area contributed by atoms with E-state index >= 15 is 0 Å². The van der Waals surface area contributed by atoms with E-state index in [0.717, 1.165) is 19.6 Å². The summed E-state index contributed by atoms with van der Waals surface area (Å²) in [7, 11) is 2.07. The zero-order valence-electron chi connectivity index (χ0n) is 9.61. The molecule has 2 N–H and O–H groups in total. The summed E-state index contributed by atoms with van der Waals surface area (Å²) in [6, 6.07) is 0.276. The first-order chi connectivity index (χ1) is 7.15. The Labute approximate surface area is 91.2 Å². The van der Waals surface area contributed by atoms with Crippen LogP contribution in [-0.4, -0.2) is 68.2 Å². The fraction of sp³-hybridized carbons (Fsp3) is 0.900. The number of nitrogens with two attached hydrogens (primary N) is 1. The van der Waals surface area contributed by atoms with E-state index in [-0.39, 0.29) is 18.6 Å². The molecular formula is C10H21N3O2. The van der Waals surface area contributed by atoms with E-state index < -0.39 is 0 Å².